The molecule has 1 heterocycles. The molecule has 0 N–H and O–H groups in total. The zero-order valence-corrected chi connectivity index (χ0v) is 18.2. The Kier molecular flexibility index (Phi) is 6.48. The average Bonchev–Trinajstić information content (AvgIpc) is 3.04. The van der Waals surface area contributed by atoms with Crippen LogP contribution in [0, 0.1) is 0 Å². The fourth-order valence-corrected chi connectivity index (χ4v) is 5.67. The van der Waals surface area contributed by atoms with Crippen LogP contribution in [0.4, 0.5) is 0 Å². The fraction of sp³-hybridized carbons (Fsp3) is 0.458. The Balaban J connectivity index is 1.98. The third-order valence-electron chi connectivity index (χ3n) is 6.38. The van der Waals surface area contributed by atoms with E-state index in [1.165, 1.54) is 19.3 Å². The lowest BCUT2D eigenvalue weighted by Gasteiger charge is -2.51. The molecule has 2 aliphatic rings. The van der Waals surface area contributed by atoms with Crippen molar-refractivity contribution in [2.75, 3.05) is 24.8 Å². The molecule has 4 rings (SSSR count). The van der Waals surface area contributed by atoms with E-state index in [2.05, 4.69) is 40.1 Å². The minimum atomic E-state index is -0.666. The summed E-state index contributed by atoms with van der Waals surface area (Å²) in [6.45, 7) is 1.32. The maximum Gasteiger partial charge on any atom is 0.256 e. The Labute approximate surface area is 183 Å². The van der Waals surface area contributed by atoms with Gasteiger partial charge in [0.1, 0.15) is 5.66 Å². The van der Waals surface area contributed by atoms with Gasteiger partial charge < -0.3 is 4.90 Å². The molecular formula is C24H28Cl2N2O. The van der Waals surface area contributed by atoms with E-state index in [4.69, 9.17) is 23.2 Å². The molecule has 1 amide bonds. The van der Waals surface area contributed by atoms with Crippen LogP contribution < -0.4 is 0 Å². The number of benzene rings is 2. The van der Waals surface area contributed by atoms with E-state index >= 15 is 0 Å². The van der Waals surface area contributed by atoms with Crippen LogP contribution in [0.25, 0.3) is 0 Å². The SMILES string of the molecule is O=C1c2ccccc2C(c2ccccc2)(N(CCCl)CCCl)N1C1CCCCC1. The lowest BCUT2D eigenvalue weighted by Crippen LogP contribution is -2.61. The monoisotopic (exact) mass is 430 g/mol. The Morgan fingerprint density at radius 2 is 1.52 bits per heavy atom. The highest BCUT2D eigenvalue weighted by atomic mass is 35.5. The molecule has 1 atom stereocenters. The number of rotatable bonds is 7. The van der Waals surface area contributed by atoms with Gasteiger partial charge in [-0.1, -0.05) is 67.8 Å². The number of fused-ring (bicyclic) bond motifs is 1. The van der Waals surface area contributed by atoms with Crippen molar-refractivity contribution >= 4 is 29.1 Å². The molecule has 3 nitrogen and oxygen atoms in total. The highest BCUT2D eigenvalue weighted by Gasteiger charge is 2.56. The number of amides is 1. The lowest BCUT2D eigenvalue weighted by molar-refractivity contribution is -0.0321. The highest BCUT2D eigenvalue weighted by molar-refractivity contribution is 6.18. The maximum absolute atomic E-state index is 13.8. The molecule has 1 saturated carbocycles. The van der Waals surface area contributed by atoms with E-state index in [0.717, 1.165) is 29.5 Å². The van der Waals surface area contributed by atoms with Gasteiger partial charge in [-0.15, -0.1) is 23.2 Å². The van der Waals surface area contributed by atoms with Crippen molar-refractivity contribution in [1.82, 2.24) is 9.80 Å². The maximum atomic E-state index is 13.8. The summed E-state index contributed by atoms with van der Waals surface area (Å²) in [7, 11) is 0. The van der Waals surface area contributed by atoms with E-state index in [0.29, 0.717) is 24.8 Å². The lowest BCUT2D eigenvalue weighted by atomic mass is 9.85. The molecule has 5 heteroatoms. The Morgan fingerprint density at radius 3 is 2.17 bits per heavy atom. The molecule has 1 unspecified atom stereocenters. The quantitative estimate of drug-likeness (QED) is 0.544. The van der Waals surface area contributed by atoms with Gasteiger partial charge in [0.05, 0.1) is 0 Å². The second-order valence-corrected chi connectivity index (χ2v) is 8.67. The molecule has 1 aliphatic carbocycles. The summed E-state index contributed by atoms with van der Waals surface area (Å²) in [6.07, 6.45) is 5.67. The summed E-state index contributed by atoms with van der Waals surface area (Å²) in [5.74, 6) is 1.10. The number of halogens is 2. The first-order valence-corrected chi connectivity index (χ1v) is 11.7. The molecule has 0 aromatic heterocycles. The highest BCUT2D eigenvalue weighted by Crippen LogP contribution is 2.49. The predicted molar refractivity (Wildman–Crippen MR) is 120 cm³/mol. The normalized spacial score (nSPS) is 22.3. The molecule has 0 saturated heterocycles. The van der Waals surface area contributed by atoms with E-state index in [1.807, 2.05) is 24.3 Å². The predicted octanol–water partition coefficient (Wildman–Crippen LogP) is 5.46. The number of hydrogen-bond donors (Lipinski definition) is 0. The smallest absolute Gasteiger partial charge is 0.256 e. The van der Waals surface area contributed by atoms with Crippen molar-refractivity contribution in [3.05, 3.63) is 71.3 Å². The van der Waals surface area contributed by atoms with Crippen LogP contribution in [-0.4, -0.2) is 46.6 Å². The van der Waals surface area contributed by atoms with Gasteiger partial charge in [0.15, 0.2) is 0 Å². The summed E-state index contributed by atoms with van der Waals surface area (Å²) >= 11 is 12.5. The van der Waals surface area contributed by atoms with Crippen molar-refractivity contribution in [1.29, 1.82) is 0 Å². The molecule has 0 radical (unpaired) electrons. The minimum Gasteiger partial charge on any atom is -0.309 e. The van der Waals surface area contributed by atoms with Gasteiger partial charge in [-0.05, 0) is 24.5 Å². The first-order chi connectivity index (χ1) is 14.2. The zero-order chi connectivity index (χ0) is 20.3. The summed E-state index contributed by atoms with van der Waals surface area (Å²) < 4.78 is 0. The topological polar surface area (TPSA) is 23.6 Å². The standard InChI is InChI=1S/C24H28Cl2N2O/c25-15-17-27(18-16-26)24(19-9-3-1-4-10-19)22-14-8-7-13-21(22)23(29)28(24)20-11-5-2-6-12-20/h1,3-4,7-10,13-14,20H,2,5-6,11-12,15-18H2. The first kappa shape index (κ1) is 20.7. The van der Waals surface area contributed by atoms with Crippen LogP contribution in [-0.2, 0) is 5.66 Å². The molecule has 2 aromatic carbocycles. The summed E-state index contributed by atoms with van der Waals surface area (Å²) in [6, 6.07) is 18.7. The van der Waals surface area contributed by atoms with Crippen molar-refractivity contribution in [3.8, 4) is 0 Å². The Hall–Kier alpha value is -1.55. The van der Waals surface area contributed by atoms with Crippen LogP contribution >= 0.6 is 23.2 Å². The number of alkyl halides is 2. The zero-order valence-electron chi connectivity index (χ0n) is 16.7. The van der Waals surface area contributed by atoms with Gasteiger partial charge in [-0.3, -0.25) is 9.69 Å². The number of hydrogen-bond acceptors (Lipinski definition) is 2. The molecular weight excluding hydrogens is 403 g/mol. The van der Waals surface area contributed by atoms with Crippen LogP contribution in [0.2, 0.25) is 0 Å². The largest absolute Gasteiger partial charge is 0.309 e. The van der Waals surface area contributed by atoms with Crippen LogP contribution in [0.5, 0.6) is 0 Å². The van der Waals surface area contributed by atoms with Crippen LogP contribution in [0.3, 0.4) is 0 Å². The van der Waals surface area contributed by atoms with E-state index < -0.39 is 5.66 Å². The Bertz CT molecular complexity index is 832. The molecule has 2 aromatic rings. The van der Waals surface area contributed by atoms with Gasteiger partial charge in [0.25, 0.3) is 5.91 Å². The molecule has 1 aliphatic heterocycles. The molecule has 0 bridgehead atoms. The number of nitrogens with zero attached hydrogens (tertiary/aromatic N) is 2. The molecule has 0 spiro atoms. The number of carbonyl (C=O) groups excluding carboxylic acids is 1. The Morgan fingerprint density at radius 1 is 0.897 bits per heavy atom. The van der Waals surface area contributed by atoms with Gasteiger partial charge in [-0.2, -0.15) is 0 Å². The fourth-order valence-electron chi connectivity index (χ4n) is 5.26. The van der Waals surface area contributed by atoms with E-state index in [9.17, 15) is 4.79 Å². The number of carbonyl (C=O) groups is 1. The molecule has 29 heavy (non-hydrogen) atoms. The van der Waals surface area contributed by atoms with Crippen molar-refractivity contribution in [2.45, 2.75) is 43.8 Å². The van der Waals surface area contributed by atoms with Crippen LogP contribution in [0.1, 0.15) is 53.6 Å². The van der Waals surface area contributed by atoms with Crippen molar-refractivity contribution in [3.63, 3.8) is 0 Å². The molecule has 154 valence electrons. The summed E-state index contributed by atoms with van der Waals surface area (Å²) in [5, 5.41) is 0. The second-order valence-electron chi connectivity index (χ2n) is 7.92. The third kappa shape index (κ3) is 3.48. The van der Waals surface area contributed by atoms with Crippen molar-refractivity contribution < 1.29 is 4.79 Å². The van der Waals surface area contributed by atoms with E-state index in [1.54, 1.807) is 0 Å². The van der Waals surface area contributed by atoms with E-state index in [-0.39, 0.29) is 11.9 Å². The first-order valence-electron chi connectivity index (χ1n) is 10.6. The summed E-state index contributed by atoms with van der Waals surface area (Å²) in [5.41, 5.74) is 2.30. The van der Waals surface area contributed by atoms with Crippen molar-refractivity contribution in [2.24, 2.45) is 0 Å². The molecule has 1 fully saturated rings. The minimum absolute atomic E-state index is 0.130. The van der Waals surface area contributed by atoms with Gasteiger partial charge in [0.2, 0.25) is 0 Å². The summed E-state index contributed by atoms with van der Waals surface area (Å²) in [4.78, 5) is 18.3. The third-order valence-corrected chi connectivity index (χ3v) is 6.72. The van der Waals surface area contributed by atoms with Gasteiger partial charge in [-0.25, -0.2) is 0 Å². The van der Waals surface area contributed by atoms with Crippen LogP contribution in [0.15, 0.2) is 54.6 Å². The second kappa shape index (κ2) is 9.07. The van der Waals surface area contributed by atoms with Gasteiger partial charge >= 0.3 is 0 Å². The van der Waals surface area contributed by atoms with Gasteiger partial charge in [0, 0.05) is 42.0 Å². The average molecular weight is 431 g/mol.